The smallest absolute Gasteiger partial charge is 0.276 e. The molecular weight excluding hydrogens is 190 g/mol. The minimum Gasteiger partial charge on any atom is -0.361 e. The van der Waals surface area contributed by atoms with Crippen LogP contribution >= 0.6 is 11.8 Å². The maximum atomic E-state index is 11.1. The van der Waals surface area contributed by atoms with Gasteiger partial charge in [-0.2, -0.15) is 5.26 Å². The molecule has 2 N–H and O–H groups in total. The Kier molecular flexibility index (Phi) is 5.72. The maximum absolute atomic E-state index is 11.1. The molecule has 0 unspecified atom stereocenters. The zero-order valence-corrected chi connectivity index (χ0v) is 8.13. The van der Waals surface area contributed by atoms with Crippen molar-refractivity contribution in [3.63, 3.8) is 0 Å². The van der Waals surface area contributed by atoms with E-state index in [4.69, 9.17) is 11.0 Å². The highest BCUT2D eigenvalue weighted by Gasteiger charge is 2.10. The molecule has 72 valence electrons. The first-order valence-electron chi connectivity index (χ1n) is 3.74. The first-order chi connectivity index (χ1) is 6.11. The van der Waals surface area contributed by atoms with Crippen molar-refractivity contribution in [1.82, 2.24) is 4.90 Å². The van der Waals surface area contributed by atoms with Crippen LogP contribution in [0.4, 0.5) is 4.79 Å². The third-order valence-corrected chi connectivity index (χ3v) is 1.99. The van der Waals surface area contributed by atoms with E-state index in [-0.39, 0.29) is 12.3 Å². The summed E-state index contributed by atoms with van der Waals surface area (Å²) < 4.78 is 0. The van der Waals surface area contributed by atoms with Crippen LogP contribution in [-0.4, -0.2) is 28.3 Å². The summed E-state index contributed by atoms with van der Waals surface area (Å²) in [6.45, 7) is 2.07. The summed E-state index contributed by atoms with van der Waals surface area (Å²) >= 11 is 0.880. The first-order valence-corrected chi connectivity index (χ1v) is 4.72. The molecule has 5 nitrogen and oxygen atoms in total. The third kappa shape index (κ3) is 5.09. The van der Waals surface area contributed by atoms with Gasteiger partial charge in [0.25, 0.3) is 5.24 Å². The lowest BCUT2D eigenvalue weighted by molar-refractivity contribution is -0.127. The number of carbonyl (C=O) groups is 2. The fraction of sp³-hybridized carbons (Fsp3) is 0.571. The molecule has 0 atom stereocenters. The van der Waals surface area contributed by atoms with Gasteiger partial charge in [-0.1, -0.05) is 11.8 Å². The minimum atomic E-state index is -0.507. The van der Waals surface area contributed by atoms with Crippen molar-refractivity contribution in [2.24, 2.45) is 5.73 Å². The van der Waals surface area contributed by atoms with Gasteiger partial charge in [0.05, 0.1) is 0 Å². The topological polar surface area (TPSA) is 87.2 Å². The van der Waals surface area contributed by atoms with Crippen LogP contribution in [0.2, 0.25) is 0 Å². The summed E-state index contributed by atoms with van der Waals surface area (Å²) in [4.78, 5) is 22.5. The summed E-state index contributed by atoms with van der Waals surface area (Å²) in [5.41, 5.74) is 4.85. The standard InChI is InChI=1S/C7H11N3O2S/c1-2-10(5-8)6(11)3-4-13-7(9)12/h2-4H2,1H3,(H2,9,12). The number of thioether (sulfide) groups is 1. The molecule has 0 fully saturated rings. The summed E-state index contributed by atoms with van der Waals surface area (Å²) in [7, 11) is 0. The number of nitrogens with two attached hydrogens (primary N) is 1. The summed E-state index contributed by atoms with van der Waals surface area (Å²) in [5.74, 6) is 0.0468. The number of primary amides is 1. The summed E-state index contributed by atoms with van der Waals surface area (Å²) in [6.07, 6.45) is 1.91. The number of amides is 2. The van der Waals surface area contributed by atoms with E-state index >= 15 is 0 Å². The van der Waals surface area contributed by atoms with Crippen molar-refractivity contribution < 1.29 is 9.59 Å². The van der Waals surface area contributed by atoms with Crippen molar-refractivity contribution in [1.29, 1.82) is 5.26 Å². The number of nitrogens with zero attached hydrogens (tertiary/aromatic N) is 2. The molecule has 0 aliphatic rings. The van der Waals surface area contributed by atoms with E-state index in [2.05, 4.69) is 0 Å². The Morgan fingerprint density at radius 3 is 2.62 bits per heavy atom. The highest BCUT2D eigenvalue weighted by Crippen LogP contribution is 2.03. The molecule has 13 heavy (non-hydrogen) atoms. The largest absolute Gasteiger partial charge is 0.361 e. The van der Waals surface area contributed by atoms with Gasteiger partial charge in [0.2, 0.25) is 5.91 Å². The SMILES string of the molecule is CCN(C#N)C(=O)CCSC(N)=O. The lowest BCUT2D eigenvalue weighted by Gasteiger charge is -2.09. The van der Waals surface area contributed by atoms with E-state index in [0.717, 1.165) is 16.7 Å². The minimum absolute atomic E-state index is 0.162. The fourth-order valence-corrected chi connectivity index (χ4v) is 1.15. The predicted octanol–water partition coefficient (Wildman–Crippen LogP) is 0.518. The van der Waals surface area contributed by atoms with Gasteiger partial charge in [-0.25, -0.2) is 4.90 Å². The molecule has 0 radical (unpaired) electrons. The Hall–Kier alpha value is -1.22. The average molecular weight is 201 g/mol. The molecule has 0 aliphatic heterocycles. The lowest BCUT2D eigenvalue weighted by Crippen LogP contribution is -2.26. The molecule has 0 spiro atoms. The second-order valence-corrected chi connectivity index (χ2v) is 3.25. The Balaban J connectivity index is 3.75. The first kappa shape index (κ1) is 11.8. The Morgan fingerprint density at radius 2 is 2.23 bits per heavy atom. The van der Waals surface area contributed by atoms with Crippen LogP contribution in [0.15, 0.2) is 0 Å². The van der Waals surface area contributed by atoms with Gasteiger partial charge in [-0.15, -0.1) is 0 Å². The van der Waals surface area contributed by atoms with Crippen LogP contribution in [-0.2, 0) is 4.79 Å². The molecule has 0 bridgehead atoms. The van der Waals surface area contributed by atoms with Crippen molar-refractivity contribution in [3.8, 4) is 6.19 Å². The quantitative estimate of drug-likeness (QED) is 0.530. The van der Waals surface area contributed by atoms with Crippen LogP contribution in [0.1, 0.15) is 13.3 Å². The molecule has 0 aromatic heterocycles. The zero-order chi connectivity index (χ0) is 10.3. The highest BCUT2D eigenvalue weighted by molar-refractivity contribution is 8.13. The van der Waals surface area contributed by atoms with E-state index in [1.807, 2.05) is 0 Å². The molecular formula is C7H11N3O2S. The molecule has 0 heterocycles. The van der Waals surface area contributed by atoms with E-state index in [9.17, 15) is 9.59 Å². The highest BCUT2D eigenvalue weighted by atomic mass is 32.2. The monoisotopic (exact) mass is 201 g/mol. The van der Waals surface area contributed by atoms with Gasteiger partial charge in [0.1, 0.15) is 0 Å². The Bertz CT molecular complexity index is 236. The van der Waals surface area contributed by atoms with Crippen molar-refractivity contribution >= 4 is 22.9 Å². The molecule has 2 amide bonds. The van der Waals surface area contributed by atoms with Crippen LogP contribution in [0.25, 0.3) is 0 Å². The van der Waals surface area contributed by atoms with Crippen molar-refractivity contribution in [2.75, 3.05) is 12.3 Å². The molecule has 0 saturated heterocycles. The number of rotatable bonds is 4. The number of nitriles is 1. The lowest BCUT2D eigenvalue weighted by atomic mass is 10.4. The maximum Gasteiger partial charge on any atom is 0.276 e. The van der Waals surface area contributed by atoms with E-state index < -0.39 is 5.24 Å². The van der Waals surface area contributed by atoms with Crippen LogP contribution in [0.5, 0.6) is 0 Å². The third-order valence-electron chi connectivity index (χ3n) is 1.30. The van der Waals surface area contributed by atoms with Crippen LogP contribution < -0.4 is 5.73 Å². The van der Waals surface area contributed by atoms with Gasteiger partial charge in [-0.05, 0) is 6.92 Å². The van der Waals surface area contributed by atoms with Gasteiger partial charge in [0.15, 0.2) is 6.19 Å². The number of hydrogen-bond acceptors (Lipinski definition) is 4. The molecule has 0 aromatic rings. The number of hydrogen-bond donors (Lipinski definition) is 1. The second kappa shape index (κ2) is 6.31. The molecule has 0 aliphatic carbocycles. The summed E-state index contributed by atoms with van der Waals surface area (Å²) in [6, 6.07) is 0. The van der Waals surface area contributed by atoms with Gasteiger partial charge in [-0.3, -0.25) is 9.59 Å². The zero-order valence-electron chi connectivity index (χ0n) is 7.32. The average Bonchev–Trinajstić information content (AvgIpc) is 2.05. The van der Waals surface area contributed by atoms with Crippen molar-refractivity contribution in [2.45, 2.75) is 13.3 Å². The Labute approximate surface area is 80.9 Å². The van der Waals surface area contributed by atoms with Crippen molar-refractivity contribution in [3.05, 3.63) is 0 Å². The van der Waals surface area contributed by atoms with Crippen LogP contribution in [0, 0.1) is 11.5 Å². The van der Waals surface area contributed by atoms with E-state index in [1.165, 1.54) is 0 Å². The predicted molar refractivity (Wildman–Crippen MR) is 49.7 cm³/mol. The van der Waals surface area contributed by atoms with Gasteiger partial charge >= 0.3 is 0 Å². The summed E-state index contributed by atoms with van der Waals surface area (Å²) in [5, 5.41) is 7.95. The number of carbonyl (C=O) groups excluding carboxylic acids is 2. The molecule has 0 saturated carbocycles. The second-order valence-electron chi connectivity index (χ2n) is 2.16. The molecule has 6 heteroatoms. The fourth-order valence-electron chi connectivity index (χ4n) is 0.677. The molecule has 0 aromatic carbocycles. The van der Waals surface area contributed by atoms with E-state index in [1.54, 1.807) is 13.1 Å². The van der Waals surface area contributed by atoms with E-state index in [0.29, 0.717) is 12.3 Å². The van der Waals surface area contributed by atoms with Crippen LogP contribution in [0.3, 0.4) is 0 Å². The van der Waals surface area contributed by atoms with Gasteiger partial charge in [0, 0.05) is 18.7 Å². The normalized spacial score (nSPS) is 8.92. The van der Waals surface area contributed by atoms with Gasteiger partial charge < -0.3 is 5.73 Å². The molecule has 0 rings (SSSR count). The Morgan fingerprint density at radius 1 is 1.62 bits per heavy atom.